The maximum Gasteiger partial charge on any atom is 0.243 e. The predicted molar refractivity (Wildman–Crippen MR) is 142 cm³/mol. The predicted octanol–water partition coefficient (Wildman–Crippen LogP) is 5.84. The first-order chi connectivity index (χ1) is 17.3. The fourth-order valence-electron chi connectivity index (χ4n) is 4.51. The summed E-state index contributed by atoms with van der Waals surface area (Å²) >= 11 is 6.16. The number of sulfonamides is 1. The van der Waals surface area contributed by atoms with Crippen LogP contribution in [0.2, 0.25) is 5.02 Å². The van der Waals surface area contributed by atoms with Crippen molar-refractivity contribution in [2.75, 3.05) is 11.9 Å². The topological polar surface area (TPSA) is 83.6 Å². The van der Waals surface area contributed by atoms with Crippen molar-refractivity contribution < 1.29 is 18.0 Å². The van der Waals surface area contributed by atoms with Gasteiger partial charge in [0.2, 0.25) is 15.9 Å². The molecule has 0 aliphatic heterocycles. The van der Waals surface area contributed by atoms with E-state index in [-0.39, 0.29) is 34.5 Å². The number of ketones is 1. The third-order valence-corrected chi connectivity index (χ3v) is 8.59. The van der Waals surface area contributed by atoms with Gasteiger partial charge in [-0.2, -0.15) is 4.31 Å². The smallest absolute Gasteiger partial charge is 0.243 e. The Morgan fingerprint density at radius 3 is 2.28 bits per heavy atom. The van der Waals surface area contributed by atoms with E-state index in [2.05, 4.69) is 5.32 Å². The van der Waals surface area contributed by atoms with Crippen LogP contribution in [0.3, 0.4) is 0 Å². The summed E-state index contributed by atoms with van der Waals surface area (Å²) in [5, 5.41) is 3.13. The van der Waals surface area contributed by atoms with Gasteiger partial charge in [0.25, 0.3) is 0 Å². The lowest BCUT2D eigenvalue weighted by atomic mass is 9.95. The standard InChI is InChI=1S/C28H29ClN2O4S/c1-20-12-15-24(16-13-20)36(34,35)31(23-10-6-3-7-11-23)19-27(32)30-26-17-14-22(29)18-25(26)28(33)21-8-4-2-5-9-21/h2,4-5,8-9,12-18,23H,3,6-7,10-11,19H2,1H3,(H,30,32). The highest BCUT2D eigenvalue weighted by Crippen LogP contribution is 2.29. The monoisotopic (exact) mass is 524 g/mol. The molecule has 0 atom stereocenters. The number of carbonyl (C=O) groups is 2. The maximum atomic E-state index is 13.6. The molecule has 8 heteroatoms. The number of amides is 1. The van der Waals surface area contributed by atoms with Gasteiger partial charge < -0.3 is 5.32 Å². The van der Waals surface area contributed by atoms with E-state index in [1.165, 1.54) is 10.4 Å². The summed E-state index contributed by atoms with van der Waals surface area (Å²) in [5.41, 5.74) is 1.94. The van der Waals surface area contributed by atoms with Gasteiger partial charge >= 0.3 is 0 Å². The van der Waals surface area contributed by atoms with Gasteiger partial charge in [-0.1, -0.05) is 78.9 Å². The van der Waals surface area contributed by atoms with Gasteiger partial charge in [0, 0.05) is 22.2 Å². The summed E-state index contributed by atoms with van der Waals surface area (Å²) in [7, 11) is -3.90. The Labute approximate surface area is 217 Å². The van der Waals surface area contributed by atoms with Crippen LogP contribution in [0.1, 0.15) is 53.6 Å². The number of hydrogen-bond acceptors (Lipinski definition) is 4. The van der Waals surface area contributed by atoms with Crippen molar-refractivity contribution in [3.05, 3.63) is 94.5 Å². The van der Waals surface area contributed by atoms with Crippen molar-refractivity contribution >= 4 is 39.0 Å². The van der Waals surface area contributed by atoms with Crippen molar-refractivity contribution in [2.45, 2.75) is 50.0 Å². The number of anilines is 1. The third kappa shape index (κ3) is 6.03. The maximum absolute atomic E-state index is 13.6. The molecule has 1 N–H and O–H groups in total. The van der Waals surface area contributed by atoms with Gasteiger partial charge in [-0.15, -0.1) is 0 Å². The van der Waals surface area contributed by atoms with Crippen LogP contribution in [0.4, 0.5) is 5.69 Å². The normalized spacial score (nSPS) is 14.5. The SMILES string of the molecule is Cc1ccc(S(=O)(=O)N(CC(=O)Nc2ccc(Cl)cc2C(=O)c2ccccc2)C2CCCCC2)cc1. The highest BCUT2D eigenvalue weighted by atomic mass is 35.5. The third-order valence-electron chi connectivity index (χ3n) is 6.45. The van der Waals surface area contributed by atoms with E-state index in [9.17, 15) is 18.0 Å². The molecule has 1 fully saturated rings. The number of benzene rings is 3. The minimum atomic E-state index is -3.90. The van der Waals surface area contributed by atoms with Gasteiger partial charge in [-0.25, -0.2) is 8.42 Å². The molecule has 0 spiro atoms. The van der Waals surface area contributed by atoms with Crippen LogP contribution in [-0.4, -0.2) is 37.0 Å². The number of nitrogens with zero attached hydrogens (tertiary/aromatic N) is 1. The van der Waals surface area contributed by atoms with Crippen molar-refractivity contribution in [2.24, 2.45) is 0 Å². The van der Waals surface area contributed by atoms with Gasteiger partial charge in [0.1, 0.15) is 0 Å². The molecule has 1 amide bonds. The molecule has 0 aromatic heterocycles. The van der Waals surface area contributed by atoms with Crippen molar-refractivity contribution in [1.29, 1.82) is 0 Å². The molecule has 0 unspecified atom stereocenters. The van der Waals surface area contributed by atoms with E-state index in [1.54, 1.807) is 60.7 Å². The largest absolute Gasteiger partial charge is 0.324 e. The molecule has 0 saturated heterocycles. The van der Waals surface area contributed by atoms with E-state index in [0.717, 1.165) is 24.8 Å². The van der Waals surface area contributed by atoms with Crippen LogP contribution in [-0.2, 0) is 14.8 Å². The van der Waals surface area contributed by atoms with Crippen LogP contribution in [0.25, 0.3) is 0 Å². The molecule has 4 rings (SSSR count). The van der Waals surface area contributed by atoms with Crippen LogP contribution in [0, 0.1) is 6.92 Å². The quantitative estimate of drug-likeness (QED) is 0.375. The van der Waals surface area contributed by atoms with Crippen LogP contribution < -0.4 is 5.32 Å². The van der Waals surface area contributed by atoms with Crippen LogP contribution in [0.5, 0.6) is 0 Å². The highest BCUT2D eigenvalue weighted by Gasteiger charge is 2.34. The number of hydrogen-bond donors (Lipinski definition) is 1. The van der Waals surface area contributed by atoms with E-state index < -0.39 is 15.9 Å². The molecule has 3 aromatic rings. The number of nitrogens with one attached hydrogen (secondary N) is 1. The first-order valence-electron chi connectivity index (χ1n) is 12.0. The average Bonchev–Trinajstić information content (AvgIpc) is 2.89. The minimum Gasteiger partial charge on any atom is -0.324 e. The van der Waals surface area contributed by atoms with Gasteiger partial charge in [0.15, 0.2) is 5.78 Å². The number of aryl methyl sites for hydroxylation is 1. The Kier molecular flexibility index (Phi) is 8.24. The molecule has 1 aliphatic rings. The number of carbonyl (C=O) groups excluding carboxylic acids is 2. The summed E-state index contributed by atoms with van der Waals surface area (Å²) in [5.74, 6) is -0.800. The lowest BCUT2D eigenvalue weighted by Crippen LogP contribution is -2.45. The summed E-state index contributed by atoms with van der Waals surface area (Å²) in [4.78, 5) is 26.5. The lowest BCUT2D eigenvalue weighted by Gasteiger charge is -2.33. The van der Waals surface area contributed by atoms with E-state index >= 15 is 0 Å². The molecule has 0 bridgehead atoms. The summed E-state index contributed by atoms with van der Waals surface area (Å²) in [6, 6.07) is 19.8. The second-order valence-electron chi connectivity index (χ2n) is 9.09. The Balaban J connectivity index is 1.61. The van der Waals surface area contributed by atoms with Gasteiger partial charge in [0.05, 0.1) is 17.1 Å². The number of rotatable bonds is 8. The fraction of sp³-hybridized carbons (Fsp3) is 0.286. The Bertz CT molecular complexity index is 1340. The molecule has 0 radical (unpaired) electrons. The Hall–Kier alpha value is -3.00. The zero-order valence-electron chi connectivity index (χ0n) is 20.1. The van der Waals surface area contributed by atoms with Crippen molar-refractivity contribution in [1.82, 2.24) is 4.31 Å². The summed E-state index contributed by atoms with van der Waals surface area (Å²) < 4.78 is 28.5. The summed E-state index contributed by atoms with van der Waals surface area (Å²) in [6.45, 7) is 1.55. The fourth-order valence-corrected chi connectivity index (χ4v) is 6.33. The van der Waals surface area contributed by atoms with Crippen LogP contribution in [0.15, 0.2) is 77.7 Å². The molecular weight excluding hydrogens is 496 g/mol. The number of halogens is 1. The molecule has 1 aliphatic carbocycles. The van der Waals surface area contributed by atoms with Crippen molar-refractivity contribution in [3.8, 4) is 0 Å². The van der Waals surface area contributed by atoms with Gasteiger partial charge in [-0.05, 0) is 50.1 Å². The lowest BCUT2D eigenvalue weighted by molar-refractivity contribution is -0.116. The summed E-state index contributed by atoms with van der Waals surface area (Å²) in [6.07, 6.45) is 4.29. The molecule has 1 saturated carbocycles. The molecule has 188 valence electrons. The van der Waals surface area contributed by atoms with Gasteiger partial charge in [-0.3, -0.25) is 9.59 Å². The average molecular weight is 525 g/mol. The zero-order chi connectivity index (χ0) is 25.7. The first-order valence-corrected chi connectivity index (χ1v) is 13.8. The van der Waals surface area contributed by atoms with E-state index in [1.807, 2.05) is 13.0 Å². The molecular formula is C28H29ClN2O4S. The van der Waals surface area contributed by atoms with E-state index in [0.29, 0.717) is 23.4 Å². The Morgan fingerprint density at radius 1 is 0.944 bits per heavy atom. The second-order valence-corrected chi connectivity index (χ2v) is 11.4. The zero-order valence-corrected chi connectivity index (χ0v) is 21.7. The second kappa shape index (κ2) is 11.4. The highest BCUT2D eigenvalue weighted by molar-refractivity contribution is 7.89. The minimum absolute atomic E-state index is 0.165. The molecule has 0 heterocycles. The molecule has 6 nitrogen and oxygen atoms in total. The first kappa shape index (κ1) is 26.1. The molecule has 3 aromatic carbocycles. The van der Waals surface area contributed by atoms with E-state index in [4.69, 9.17) is 11.6 Å². The van der Waals surface area contributed by atoms with Crippen molar-refractivity contribution in [3.63, 3.8) is 0 Å². The Morgan fingerprint density at radius 2 is 1.61 bits per heavy atom. The van der Waals surface area contributed by atoms with Crippen LogP contribution >= 0.6 is 11.6 Å². The molecule has 36 heavy (non-hydrogen) atoms.